The van der Waals surface area contributed by atoms with Crippen LogP contribution in [0.25, 0.3) is 0 Å². The Morgan fingerprint density at radius 1 is 1.33 bits per heavy atom. The fourth-order valence-corrected chi connectivity index (χ4v) is 3.71. The van der Waals surface area contributed by atoms with Gasteiger partial charge < -0.3 is 15.0 Å². The van der Waals surface area contributed by atoms with Gasteiger partial charge in [0.25, 0.3) is 5.56 Å². The number of thioether (sulfide) groups is 1. The Labute approximate surface area is 161 Å². The number of ether oxygens (including phenoxy) is 1. The van der Waals surface area contributed by atoms with E-state index in [9.17, 15) is 9.59 Å². The first-order valence-corrected chi connectivity index (χ1v) is 9.45. The van der Waals surface area contributed by atoms with Crippen LogP contribution in [0.4, 0.5) is 5.82 Å². The zero-order chi connectivity index (χ0) is 19.6. The maximum atomic E-state index is 12.9. The Balaban J connectivity index is 2.21. The number of hydrogen-bond acceptors (Lipinski definition) is 6. The number of carbonyl (C=O) groups is 1. The van der Waals surface area contributed by atoms with Gasteiger partial charge in [-0.25, -0.2) is 9.78 Å². The van der Waals surface area contributed by atoms with Gasteiger partial charge in [0.1, 0.15) is 5.82 Å². The number of nitrogens with zero attached hydrogens (tertiary/aromatic N) is 1. The summed E-state index contributed by atoms with van der Waals surface area (Å²) in [6.45, 7) is 7.45. The van der Waals surface area contributed by atoms with Gasteiger partial charge in [0.15, 0.2) is 5.16 Å². The lowest BCUT2D eigenvalue weighted by atomic mass is 9.82. The molecule has 6 nitrogen and oxygen atoms in total. The third-order valence-electron chi connectivity index (χ3n) is 4.37. The first-order chi connectivity index (χ1) is 13.0. The number of aromatic amines is 1. The van der Waals surface area contributed by atoms with Crippen molar-refractivity contribution in [3.05, 3.63) is 75.2 Å². The molecule has 0 spiro atoms. The second kappa shape index (κ2) is 7.84. The summed E-state index contributed by atoms with van der Waals surface area (Å²) in [5, 5.41) is 3.61. The van der Waals surface area contributed by atoms with Crippen LogP contribution in [0.5, 0.6) is 0 Å². The lowest BCUT2D eigenvalue weighted by Crippen LogP contribution is -2.31. The van der Waals surface area contributed by atoms with E-state index in [2.05, 4.69) is 21.9 Å². The van der Waals surface area contributed by atoms with E-state index >= 15 is 0 Å². The summed E-state index contributed by atoms with van der Waals surface area (Å²) in [5.41, 5.74) is 3.09. The maximum Gasteiger partial charge on any atom is 0.336 e. The van der Waals surface area contributed by atoms with Gasteiger partial charge in [-0.3, -0.25) is 4.79 Å². The molecule has 0 saturated carbocycles. The molecule has 140 valence electrons. The second-order valence-corrected chi connectivity index (χ2v) is 7.24. The molecule has 0 fully saturated rings. The number of benzene rings is 1. The van der Waals surface area contributed by atoms with Crippen LogP contribution in [0.15, 0.2) is 58.1 Å². The molecule has 0 saturated heterocycles. The van der Waals surface area contributed by atoms with E-state index < -0.39 is 11.9 Å². The number of aryl methyl sites for hydroxylation is 1. The molecule has 0 bridgehead atoms. The van der Waals surface area contributed by atoms with Gasteiger partial charge in [0, 0.05) is 11.4 Å². The van der Waals surface area contributed by atoms with Crippen molar-refractivity contribution in [1.82, 2.24) is 9.97 Å². The average Bonchev–Trinajstić information content (AvgIpc) is 2.65. The smallest absolute Gasteiger partial charge is 0.336 e. The van der Waals surface area contributed by atoms with Crippen molar-refractivity contribution in [2.24, 2.45) is 0 Å². The highest BCUT2D eigenvalue weighted by atomic mass is 32.2. The summed E-state index contributed by atoms with van der Waals surface area (Å²) in [5.74, 6) is 0.0662. The SMILES string of the molecule is C=CCSc1nc2c(c(=O)[nH]1)[C@@H](c1ccc(C)cc1)C(C(=O)OC)=C(C)N2. The number of rotatable bonds is 5. The minimum atomic E-state index is -0.552. The molecule has 1 aliphatic heterocycles. The largest absolute Gasteiger partial charge is 0.466 e. The van der Waals surface area contributed by atoms with Crippen LogP contribution >= 0.6 is 11.8 Å². The van der Waals surface area contributed by atoms with E-state index in [1.54, 1.807) is 13.0 Å². The minimum absolute atomic E-state index is 0.279. The molecular weight excluding hydrogens is 362 g/mol. The quantitative estimate of drug-likeness (QED) is 0.356. The number of anilines is 1. The molecule has 1 aliphatic rings. The van der Waals surface area contributed by atoms with Crippen LogP contribution in [0.2, 0.25) is 0 Å². The Bertz CT molecular complexity index is 977. The van der Waals surface area contributed by atoms with Crippen molar-refractivity contribution in [1.29, 1.82) is 0 Å². The summed E-state index contributed by atoms with van der Waals surface area (Å²) in [4.78, 5) is 32.7. The first kappa shape index (κ1) is 19.0. The summed E-state index contributed by atoms with van der Waals surface area (Å²) in [6, 6.07) is 7.75. The van der Waals surface area contributed by atoms with E-state index in [-0.39, 0.29) is 5.56 Å². The molecule has 2 heterocycles. The standard InChI is InChI=1S/C20H21N3O3S/c1-5-10-27-20-22-17-16(18(24)23-20)15(13-8-6-11(2)7-9-13)14(12(3)21-17)19(25)26-4/h5-9,15H,1,10H2,2-4H3,(H2,21,22,23,24)/t15-/m0/s1. The van der Waals surface area contributed by atoms with Crippen LogP contribution < -0.4 is 10.9 Å². The molecule has 27 heavy (non-hydrogen) atoms. The van der Waals surface area contributed by atoms with Crippen molar-refractivity contribution in [3.8, 4) is 0 Å². The van der Waals surface area contributed by atoms with E-state index in [1.165, 1.54) is 18.9 Å². The average molecular weight is 383 g/mol. The van der Waals surface area contributed by atoms with Crippen LogP contribution in [0, 0.1) is 6.92 Å². The molecule has 3 rings (SSSR count). The Hall–Kier alpha value is -2.80. The summed E-state index contributed by atoms with van der Waals surface area (Å²) < 4.78 is 4.98. The molecule has 0 amide bonds. The van der Waals surface area contributed by atoms with Gasteiger partial charge >= 0.3 is 5.97 Å². The van der Waals surface area contributed by atoms with Crippen LogP contribution in [0.1, 0.15) is 29.5 Å². The van der Waals surface area contributed by atoms with E-state index in [0.717, 1.165) is 11.1 Å². The third kappa shape index (κ3) is 3.68. The summed E-state index contributed by atoms with van der Waals surface area (Å²) in [7, 11) is 1.34. The molecule has 0 unspecified atom stereocenters. The molecule has 0 aliphatic carbocycles. The Morgan fingerprint density at radius 3 is 2.67 bits per heavy atom. The third-order valence-corrected chi connectivity index (χ3v) is 5.24. The maximum absolute atomic E-state index is 12.9. The zero-order valence-electron chi connectivity index (χ0n) is 15.5. The highest BCUT2D eigenvalue weighted by Gasteiger charge is 2.36. The predicted octanol–water partition coefficient (Wildman–Crippen LogP) is 3.36. The van der Waals surface area contributed by atoms with E-state index in [1.807, 2.05) is 31.2 Å². The molecule has 1 aromatic carbocycles. The van der Waals surface area contributed by atoms with Crippen molar-refractivity contribution >= 4 is 23.5 Å². The molecule has 2 aromatic rings. The number of aromatic nitrogens is 2. The number of esters is 1. The normalized spacial score (nSPS) is 15.7. The lowest BCUT2D eigenvalue weighted by molar-refractivity contribution is -0.136. The monoisotopic (exact) mass is 383 g/mol. The van der Waals surface area contributed by atoms with Gasteiger partial charge in [-0.2, -0.15) is 0 Å². The molecule has 2 N–H and O–H groups in total. The number of allylic oxidation sites excluding steroid dienone is 1. The lowest BCUT2D eigenvalue weighted by Gasteiger charge is -2.28. The van der Waals surface area contributed by atoms with Gasteiger partial charge in [-0.15, -0.1) is 6.58 Å². The summed E-state index contributed by atoms with van der Waals surface area (Å²) >= 11 is 1.39. The molecule has 0 radical (unpaired) electrons. The van der Waals surface area contributed by atoms with Gasteiger partial charge in [-0.05, 0) is 19.4 Å². The second-order valence-electron chi connectivity index (χ2n) is 6.23. The Kier molecular flexibility index (Phi) is 5.51. The van der Waals surface area contributed by atoms with E-state index in [0.29, 0.717) is 33.6 Å². The van der Waals surface area contributed by atoms with Crippen molar-refractivity contribution in [2.45, 2.75) is 24.9 Å². The van der Waals surface area contributed by atoms with E-state index in [4.69, 9.17) is 4.74 Å². The van der Waals surface area contributed by atoms with Crippen LogP contribution in [-0.2, 0) is 9.53 Å². The number of fused-ring (bicyclic) bond motifs is 1. The van der Waals surface area contributed by atoms with Crippen molar-refractivity contribution in [2.75, 3.05) is 18.2 Å². The van der Waals surface area contributed by atoms with Gasteiger partial charge in [0.2, 0.25) is 0 Å². The van der Waals surface area contributed by atoms with Crippen molar-refractivity contribution in [3.63, 3.8) is 0 Å². The highest BCUT2D eigenvalue weighted by molar-refractivity contribution is 7.99. The van der Waals surface area contributed by atoms with Crippen LogP contribution in [-0.4, -0.2) is 28.8 Å². The minimum Gasteiger partial charge on any atom is -0.466 e. The van der Waals surface area contributed by atoms with Crippen LogP contribution in [0.3, 0.4) is 0 Å². The zero-order valence-corrected chi connectivity index (χ0v) is 16.3. The van der Waals surface area contributed by atoms with Crippen molar-refractivity contribution < 1.29 is 9.53 Å². The molecule has 1 aromatic heterocycles. The summed E-state index contributed by atoms with van der Waals surface area (Å²) in [6.07, 6.45) is 1.74. The molecule has 7 heteroatoms. The number of H-pyrrole nitrogens is 1. The van der Waals surface area contributed by atoms with Gasteiger partial charge in [0.05, 0.1) is 24.2 Å². The predicted molar refractivity (Wildman–Crippen MR) is 107 cm³/mol. The number of carbonyl (C=O) groups excluding carboxylic acids is 1. The topological polar surface area (TPSA) is 84.1 Å². The molecular formula is C20H21N3O3S. The number of hydrogen-bond donors (Lipinski definition) is 2. The number of methoxy groups -OCH3 is 1. The molecule has 1 atom stereocenters. The van der Waals surface area contributed by atoms with Gasteiger partial charge in [-0.1, -0.05) is 47.7 Å². The first-order valence-electron chi connectivity index (χ1n) is 8.46. The Morgan fingerprint density at radius 2 is 2.04 bits per heavy atom. The highest BCUT2D eigenvalue weighted by Crippen LogP contribution is 2.40. The number of nitrogens with one attached hydrogen (secondary N) is 2. The fourth-order valence-electron chi connectivity index (χ4n) is 3.11. The fraction of sp³-hybridized carbons (Fsp3) is 0.250.